The van der Waals surface area contributed by atoms with Crippen molar-refractivity contribution in [3.63, 3.8) is 0 Å². The van der Waals surface area contributed by atoms with E-state index in [1.54, 1.807) is 25.1 Å². The number of aliphatic imine (C=N–C) groups is 1. The number of carbonyl (C=O) groups excluding carboxylic acids is 1. The average Bonchev–Trinajstić information content (AvgIpc) is 2.80. The fraction of sp³-hybridized carbons (Fsp3) is 0.400. The zero-order chi connectivity index (χ0) is 26.7. The topological polar surface area (TPSA) is 83.6 Å². The van der Waals surface area contributed by atoms with Gasteiger partial charge >= 0.3 is 6.18 Å². The molecule has 6 nitrogen and oxygen atoms in total. The molecule has 0 spiro atoms. The summed E-state index contributed by atoms with van der Waals surface area (Å²) >= 11 is 0. The van der Waals surface area contributed by atoms with Gasteiger partial charge in [-0.3, -0.25) is 9.79 Å². The Morgan fingerprint density at radius 1 is 1.31 bits per heavy atom. The first-order chi connectivity index (χ1) is 16.8. The highest BCUT2D eigenvalue weighted by Gasteiger charge is 2.46. The predicted octanol–water partition coefficient (Wildman–Crippen LogP) is 4.76. The van der Waals surface area contributed by atoms with Gasteiger partial charge in [0.1, 0.15) is 11.5 Å². The van der Waals surface area contributed by atoms with E-state index in [1.807, 2.05) is 13.0 Å². The molecule has 0 bridgehead atoms. The first-order valence-electron chi connectivity index (χ1n) is 11.3. The Balaban J connectivity index is 1.90. The molecule has 1 aromatic heterocycles. The van der Waals surface area contributed by atoms with Crippen LogP contribution < -0.4 is 11.1 Å². The Kier molecular flexibility index (Phi) is 8.00. The van der Waals surface area contributed by atoms with Crippen molar-refractivity contribution in [2.75, 3.05) is 25.5 Å². The number of amides is 1. The normalized spacial score (nSPS) is 20.8. The number of alkyl halides is 5. The number of nitrogens with zero attached hydrogens (tertiary/aromatic N) is 3. The lowest BCUT2D eigenvalue weighted by Crippen LogP contribution is -2.58. The highest BCUT2D eigenvalue weighted by molar-refractivity contribution is 6.18. The number of hydrogen-bond acceptors (Lipinski definition) is 5. The number of benzene rings is 1. The molecule has 0 aliphatic carbocycles. The molecule has 1 fully saturated rings. The summed E-state index contributed by atoms with van der Waals surface area (Å²) in [6.07, 6.45) is -2.89. The molecule has 1 aliphatic rings. The zero-order valence-electron chi connectivity index (χ0n) is 20.1. The second kappa shape index (κ2) is 10.6. The molecule has 36 heavy (non-hydrogen) atoms. The first kappa shape index (κ1) is 27.1. The lowest BCUT2D eigenvalue weighted by Gasteiger charge is -2.43. The van der Waals surface area contributed by atoms with Gasteiger partial charge in [-0.15, -0.1) is 0 Å². The molecule has 3 rings (SSSR count). The van der Waals surface area contributed by atoms with E-state index in [1.165, 1.54) is 13.3 Å². The molecule has 2 heterocycles. The summed E-state index contributed by atoms with van der Waals surface area (Å²) in [4.78, 5) is 22.2. The zero-order valence-corrected chi connectivity index (χ0v) is 20.1. The maximum Gasteiger partial charge on any atom is 0.417 e. The number of nitrogens with one attached hydrogen (secondary N) is 1. The van der Waals surface area contributed by atoms with Crippen LogP contribution >= 0.6 is 0 Å². The van der Waals surface area contributed by atoms with Crippen LogP contribution in [0.1, 0.15) is 30.0 Å². The number of aryl methyl sites for hydroxylation is 1. The van der Waals surface area contributed by atoms with Gasteiger partial charge in [-0.25, -0.2) is 13.8 Å². The van der Waals surface area contributed by atoms with Gasteiger partial charge in [-0.05, 0) is 30.5 Å². The molecular weight excluding hydrogens is 481 g/mol. The van der Waals surface area contributed by atoms with Crippen LogP contribution in [0.3, 0.4) is 0 Å². The van der Waals surface area contributed by atoms with Crippen LogP contribution in [0.4, 0.5) is 27.8 Å². The molecule has 2 aromatic rings. The van der Waals surface area contributed by atoms with Crippen LogP contribution in [0.5, 0.6) is 0 Å². The number of carbonyl (C=O) groups is 1. The number of pyridine rings is 1. The smallest absolute Gasteiger partial charge is 0.394 e. The van der Waals surface area contributed by atoms with Crippen LogP contribution in [0.15, 0.2) is 53.3 Å². The molecule has 1 amide bonds. The second-order valence-electron chi connectivity index (χ2n) is 8.93. The molecule has 2 unspecified atom stereocenters. The van der Waals surface area contributed by atoms with Crippen LogP contribution in [-0.2, 0) is 11.0 Å². The summed E-state index contributed by atoms with van der Waals surface area (Å²) in [5.74, 6) is -4.40. The van der Waals surface area contributed by atoms with Crippen molar-refractivity contribution in [1.82, 2.24) is 9.88 Å². The predicted molar refractivity (Wildman–Crippen MR) is 129 cm³/mol. The number of anilines is 1. The van der Waals surface area contributed by atoms with Crippen LogP contribution in [0.2, 0.25) is 0 Å². The lowest BCUT2D eigenvalue weighted by molar-refractivity contribution is -0.148. The monoisotopic (exact) mass is 509 g/mol. The van der Waals surface area contributed by atoms with E-state index in [-0.39, 0.29) is 18.1 Å². The van der Waals surface area contributed by atoms with Crippen molar-refractivity contribution < 1.29 is 26.7 Å². The lowest BCUT2D eigenvalue weighted by atomic mass is 9.88. The SMILES string of the molecule is CN=CC(=C(N)C(=O)N1CC(F)(F)CC(C)C1CNc1ccc(C(F)(F)F)cn1)c1cccc(C)c1. The number of likely N-dealkylation sites (tertiary alicyclic amines) is 1. The number of nitrogens with two attached hydrogens (primary N) is 1. The van der Waals surface area contributed by atoms with Crippen molar-refractivity contribution in [3.05, 3.63) is 65.0 Å². The highest BCUT2D eigenvalue weighted by atomic mass is 19.4. The quantitative estimate of drug-likeness (QED) is 0.334. The summed E-state index contributed by atoms with van der Waals surface area (Å²) in [6, 6.07) is 8.51. The van der Waals surface area contributed by atoms with Crippen LogP contribution in [0, 0.1) is 12.8 Å². The standard InChI is InChI=1S/C25H28F5N5O/c1-15-5-4-6-17(9-15)19(12-32-3)22(31)23(36)35-14-24(26,27)10-16(2)20(35)13-34-21-8-7-18(11-33-21)25(28,29)30/h4-9,11-12,16,20H,10,13-14,31H2,1-3H3,(H,33,34). The Labute approximate surface area is 206 Å². The minimum atomic E-state index is -4.53. The van der Waals surface area contributed by atoms with Gasteiger partial charge in [0.2, 0.25) is 0 Å². The van der Waals surface area contributed by atoms with Crippen molar-refractivity contribution in [2.45, 2.75) is 38.4 Å². The van der Waals surface area contributed by atoms with E-state index in [9.17, 15) is 26.7 Å². The Morgan fingerprint density at radius 3 is 2.61 bits per heavy atom. The molecule has 1 aromatic carbocycles. The average molecular weight is 510 g/mol. The van der Waals surface area contributed by atoms with E-state index in [4.69, 9.17) is 5.73 Å². The van der Waals surface area contributed by atoms with Crippen molar-refractivity contribution in [3.8, 4) is 0 Å². The Bertz CT molecular complexity index is 1140. The number of aromatic nitrogens is 1. The molecule has 194 valence electrons. The molecule has 2 atom stereocenters. The molecule has 0 radical (unpaired) electrons. The van der Waals surface area contributed by atoms with Gasteiger partial charge in [0.15, 0.2) is 0 Å². The van der Waals surface area contributed by atoms with Crippen molar-refractivity contribution >= 4 is 23.5 Å². The number of halogens is 5. The van der Waals surface area contributed by atoms with E-state index in [0.717, 1.165) is 22.6 Å². The third-order valence-electron chi connectivity index (χ3n) is 6.03. The summed E-state index contributed by atoms with van der Waals surface area (Å²) < 4.78 is 67.5. The van der Waals surface area contributed by atoms with Gasteiger partial charge in [0, 0.05) is 38.0 Å². The largest absolute Gasteiger partial charge is 0.417 e. The maximum absolute atomic E-state index is 14.5. The van der Waals surface area contributed by atoms with E-state index in [0.29, 0.717) is 17.3 Å². The van der Waals surface area contributed by atoms with E-state index < -0.39 is 48.5 Å². The highest BCUT2D eigenvalue weighted by Crippen LogP contribution is 2.35. The molecule has 11 heteroatoms. The van der Waals surface area contributed by atoms with Crippen molar-refractivity contribution in [1.29, 1.82) is 0 Å². The third-order valence-corrected chi connectivity index (χ3v) is 6.03. The summed E-state index contributed by atoms with van der Waals surface area (Å²) in [5, 5.41) is 2.87. The molecule has 0 saturated carbocycles. The summed E-state index contributed by atoms with van der Waals surface area (Å²) in [7, 11) is 1.51. The van der Waals surface area contributed by atoms with E-state index >= 15 is 0 Å². The summed E-state index contributed by atoms with van der Waals surface area (Å²) in [5.41, 5.74) is 6.94. The number of rotatable bonds is 6. The minimum Gasteiger partial charge on any atom is -0.394 e. The van der Waals surface area contributed by atoms with Crippen LogP contribution in [-0.4, -0.2) is 54.1 Å². The first-order valence-corrected chi connectivity index (χ1v) is 11.3. The molecule has 3 N–H and O–H groups in total. The van der Waals surface area contributed by atoms with Gasteiger partial charge in [0.25, 0.3) is 11.8 Å². The fourth-order valence-electron chi connectivity index (χ4n) is 4.27. The number of hydrogen-bond donors (Lipinski definition) is 2. The maximum atomic E-state index is 14.5. The minimum absolute atomic E-state index is 0.00369. The number of allylic oxidation sites excluding steroid dienone is 1. The van der Waals surface area contributed by atoms with Gasteiger partial charge in [-0.1, -0.05) is 36.8 Å². The van der Waals surface area contributed by atoms with Gasteiger partial charge < -0.3 is 16.0 Å². The van der Waals surface area contributed by atoms with Gasteiger partial charge in [-0.2, -0.15) is 13.2 Å². The van der Waals surface area contributed by atoms with E-state index in [2.05, 4.69) is 15.3 Å². The second-order valence-corrected chi connectivity index (χ2v) is 8.93. The number of piperidine rings is 1. The third kappa shape index (κ3) is 6.38. The Hall–Kier alpha value is -3.50. The fourth-order valence-corrected chi connectivity index (χ4v) is 4.27. The molecular formula is C25H28F5N5O. The molecule has 1 saturated heterocycles. The Morgan fingerprint density at radius 2 is 2.03 bits per heavy atom. The molecule has 1 aliphatic heterocycles. The van der Waals surface area contributed by atoms with Crippen molar-refractivity contribution in [2.24, 2.45) is 16.6 Å². The van der Waals surface area contributed by atoms with Crippen LogP contribution in [0.25, 0.3) is 5.57 Å². The summed E-state index contributed by atoms with van der Waals surface area (Å²) in [6.45, 7) is 2.62. The van der Waals surface area contributed by atoms with Gasteiger partial charge in [0.05, 0.1) is 18.2 Å².